The lowest BCUT2D eigenvalue weighted by atomic mass is 10.1. The number of thioether (sulfide) groups is 1. The second-order valence-corrected chi connectivity index (χ2v) is 3.96. The summed E-state index contributed by atoms with van der Waals surface area (Å²) >= 11 is 1.05. The molecule has 0 fully saturated rings. The van der Waals surface area contributed by atoms with Crippen molar-refractivity contribution in [2.24, 2.45) is 0 Å². The quantitative estimate of drug-likeness (QED) is 0.418. The highest BCUT2D eigenvalue weighted by atomic mass is 32.2. The van der Waals surface area contributed by atoms with Crippen molar-refractivity contribution in [1.82, 2.24) is 0 Å². The van der Waals surface area contributed by atoms with Crippen LogP contribution in [0.1, 0.15) is 5.56 Å². The second kappa shape index (κ2) is 3.79. The highest BCUT2D eigenvalue weighted by Gasteiger charge is 2.03. The number of hydrogen-bond acceptors (Lipinski definition) is 4. The van der Waals surface area contributed by atoms with E-state index in [1.54, 1.807) is 6.07 Å². The van der Waals surface area contributed by atoms with Crippen molar-refractivity contribution in [2.75, 3.05) is 0 Å². The first kappa shape index (κ1) is 9.81. The van der Waals surface area contributed by atoms with E-state index in [4.69, 9.17) is 9.68 Å². The maximum Gasteiger partial charge on any atom is 0.336 e. The largest absolute Gasteiger partial charge is 0.423 e. The Morgan fingerprint density at radius 1 is 1.40 bits per heavy atom. The van der Waals surface area contributed by atoms with E-state index >= 15 is 0 Å². The summed E-state index contributed by atoms with van der Waals surface area (Å²) in [6.45, 7) is 1.86. The first-order valence-corrected chi connectivity index (χ1v) is 5.13. The monoisotopic (exact) mass is 217 g/mol. The Morgan fingerprint density at radius 3 is 2.93 bits per heavy atom. The zero-order chi connectivity index (χ0) is 10.8. The van der Waals surface area contributed by atoms with Gasteiger partial charge in [0, 0.05) is 16.3 Å². The van der Waals surface area contributed by atoms with E-state index in [0.717, 1.165) is 27.6 Å². The van der Waals surface area contributed by atoms with Gasteiger partial charge in [-0.15, -0.1) is 0 Å². The molecule has 74 valence electrons. The Balaban J connectivity index is 2.72. The molecule has 0 spiro atoms. The van der Waals surface area contributed by atoms with Crippen LogP contribution in [0.4, 0.5) is 0 Å². The normalized spacial score (nSPS) is 10.1. The van der Waals surface area contributed by atoms with Crippen molar-refractivity contribution in [3.05, 3.63) is 40.2 Å². The molecule has 15 heavy (non-hydrogen) atoms. The van der Waals surface area contributed by atoms with Crippen LogP contribution in [0, 0.1) is 17.6 Å². The third-order valence-electron chi connectivity index (χ3n) is 2.09. The lowest BCUT2D eigenvalue weighted by Gasteiger charge is -2.00. The molecule has 0 radical (unpaired) electrons. The van der Waals surface area contributed by atoms with Crippen molar-refractivity contribution >= 4 is 22.7 Å². The van der Waals surface area contributed by atoms with Gasteiger partial charge in [0.2, 0.25) is 0 Å². The fraction of sp³-hybridized carbons (Fsp3) is 0.0909. The van der Waals surface area contributed by atoms with Gasteiger partial charge in [-0.25, -0.2) is 4.79 Å². The number of nitrogens with zero attached hydrogens (tertiary/aromatic N) is 1. The van der Waals surface area contributed by atoms with Crippen LogP contribution in [-0.4, -0.2) is 0 Å². The Kier molecular flexibility index (Phi) is 2.48. The first-order valence-electron chi connectivity index (χ1n) is 4.31. The first-order chi connectivity index (χ1) is 7.20. The number of aryl methyl sites for hydroxylation is 1. The minimum atomic E-state index is -0.362. The van der Waals surface area contributed by atoms with E-state index in [0.29, 0.717) is 5.58 Å². The third kappa shape index (κ3) is 1.88. The topological polar surface area (TPSA) is 54.0 Å². The minimum absolute atomic E-state index is 0.362. The molecule has 0 atom stereocenters. The molecule has 0 N–H and O–H groups in total. The summed E-state index contributed by atoms with van der Waals surface area (Å²) in [5, 5.41) is 11.4. The molecule has 0 aliphatic carbocycles. The summed E-state index contributed by atoms with van der Waals surface area (Å²) < 4.78 is 5.05. The van der Waals surface area contributed by atoms with Crippen LogP contribution in [0.3, 0.4) is 0 Å². The van der Waals surface area contributed by atoms with Crippen molar-refractivity contribution < 1.29 is 4.42 Å². The van der Waals surface area contributed by atoms with E-state index in [9.17, 15) is 4.79 Å². The molecule has 4 heteroatoms. The van der Waals surface area contributed by atoms with E-state index in [2.05, 4.69) is 0 Å². The maximum absolute atomic E-state index is 11.1. The van der Waals surface area contributed by atoms with E-state index in [1.165, 1.54) is 6.07 Å². The van der Waals surface area contributed by atoms with E-state index < -0.39 is 0 Å². The number of rotatable bonds is 1. The fourth-order valence-corrected chi connectivity index (χ4v) is 1.83. The van der Waals surface area contributed by atoms with Gasteiger partial charge in [0.1, 0.15) is 11.0 Å². The highest BCUT2D eigenvalue weighted by molar-refractivity contribution is 8.03. The standard InChI is InChI=1S/C11H7NO2S/c1-7-4-11(13)14-10-5-8(15-6-12)2-3-9(7)10/h2-5H,1H3. The van der Waals surface area contributed by atoms with E-state index in [-0.39, 0.29) is 5.63 Å². The van der Waals surface area contributed by atoms with Crippen LogP contribution in [0.2, 0.25) is 0 Å². The van der Waals surface area contributed by atoms with Gasteiger partial charge in [0.05, 0.1) is 0 Å². The average molecular weight is 217 g/mol. The van der Waals surface area contributed by atoms with Gasteiger partial charge in [-0.05, 0) is 42.4 Å². The molecule has 0 unspecified atom stereocenters. The molecule has 0 bridgehead atoms. The van der Waals surface area contributed by atoms with Gasteiger partial charge in [-0.2, -0.15) is 5.26 Å². The summed E-state index contributed by atoms with van der Waals surface area (Å²) in [6.07, 6.45) is 0. The summed E-state index contributed by atoms with van der Waals surface area (Å²) in [6, 6.07) is 6.85. The van der Waals surface area contributed by atoms with Crippen molar-refractivity contribution in [1.29, 1.82) is 5.26 Å². The highest BCUT2D eigenvalue weighted by Crippen LogP contribution is 2.23. The SMILES string of the molecule is Cc1cc(=O)oc2cc(SC#N)ccc12. The maximum atomic E-state index is 11.1. The number of thiocyanates is 1. The van der Waals surface area contributed by atoms with Crippen molar-refractivity contribution in [3.8, 4) is 5.40 Å². The lowest BCUT2D eigenvalue weighted by Crippen LogP contribution is -1.97. The van der Waals surface area contributed by atoms with Gasteiger partial charge in [-0.3, -0.25) is 0 Å². The fourth-order valence-electron chi connectivity index (χ4n) is 1.42. The summed E-state index contributed by atoms with van der Waals surface area (Å²) in [4.78, 5) is 11.9. The smallest absolute Gasteiger partial charge is 0.336 e. The van der Waals surface area contributed by atoms with Crippen LogP contribution < -0.4 is 5.63 Å². The zero-order valence-electron chi connectivity index (χ0n) is 7.98. The Hall–Kier alpha value is -1.73. The van der Waals surface area contributed by atoms with Gasteiger partial charge in [0.15, 0.2) is 0 Å². The molecule has 0 aliphatic rings. The van der Waals surface area contributed by atoms with Gasteiger partial charge in [-0.1, -0.05) is 0 Å². The molecule has 0 saturated heterocycles. The summed E-state index contributed by atoms with van der Waals surface area (Å²) in [5.41, 5.74) is 1.05. The van der Waals surface area contributed by atoms with Gasteiger partial charge >= 0.3 is 5.63 Å². The molecule has 0 aliphatic heterocycles. The van der Waals surface area contributed by atoms with Crippen LogP contribution in [0.25, 0.3) is 11.0 Å². The molecule has 2 rings (SSSR count). The van der Waals surface area contributed by atoms with Gasteiger partial charge < -0.3 is 4.42 Å². The number of nitriles is 1. The third-order valence-corrected chi connectivity index (χ3v) is 2.67. The molecule has 1 heterocycles. The Labute approximate surface area is 90.3 Å². The van der Waals surface area contributed by atoms with Crippen molar-refractivity contribution in [2.45, 2.75) is 11.8 Å². The second-order valence-electron chi connectivity index (χ2n) is 3.10. The molecule has 3 nitrogen and oxygen atoms in total. The average Bonchev–Trinajstić information content (AvgIpc) is 2.17. The number of fused-ring (bicyclic) bond motifs is 1. The van der Waals surface area contributed by atoms with E-state index in [1.807, 2.05) is 24.5 Å². The molecule has 2 aromatic rings. The van der Waals surface area contributed by atoms with Crippen molar-refractivity contribution in [3.63, 3.8) is 0 Å². The van der Waals surface area contributed by atoms with Gasteiger partial charge in [0.25, 0.3) is 0 Å². The summed E-state index contributed by atoms with van der Waals surface area (Å²) in [7, 11) is 0. The Bertz CT molecular complexity index is 610. The predicted molar refractivity (Wildman–Crippen MR) is 58.7 cm³/mol. The molecule has 0 saturated carbocycles. The molecular weight excluding hydrogens is 210 g/mol. The molecule has 1 aromatic heterocycles. The van der Waals surface area contributed by atoms with Crippen LogP contribution in [-0.2, 0) is 0 Å². The number of benzene rings is 1. The zero-order valence-corrected chi connectivity index (χ0v) is 8.80. The predicted octanol–water partition coefficient (Wildman–Crippen LogP) is 2.67. The van der Waals surface area contributed by atoms with Crippen LogP contribution in [0.5, 0.6) is 0 Å². The molecular formula is C11H7NO2S. The van der Waals surface area contributed by atoms with Crippen LogP contribution in [0.15, 0.2) is 38.4 Å². The molecule has 1 aromatic carbocycles. The summed E-state index contributed by atoms with van der Waals surface area (Å²) in [5.74, 6) is 0. The van der Waals surface area contributed by atoms with Crippen LogP contribution >= 0.6 is 11.8 Å². The lowest BCUT2D eigenvalue weighted by molar-refractivity contribution is 0.559. The number of hydrogen-bond donors (Lipinski definition) is 0. The minimum Gasteiger partial charge on any atom is -0.423 e. The molecule has 0 amide bonds. The Morgan fingerprint density at radius 2 is 2.20 bits per heavy atom.